The average molecular weight is 420 g/mol. The lowest BCUT2D eigenvalue weighted by molar-refractivity contribution is -0.151. The van der Waals surface area contributed by atoms with Gasteiger partial charge in [-0.2, -0.15) is 0 Å². The number of nitrogens with zero attached hydrogens (tertiary/aromatic N) is 1. The first-order valence-corrected chi connectivity index (χ1v) is 10.2. The highest BCUT2D eigenvalue weighted by Gasteiger charge is 2.46. The van der Waals surface area contributed by atoms with Gasteiger partial charge >= 0.3 is 12.1 Å². The van der Waals surface area contributed by atoms with Crippen LogP contribution < -0.4 is 5.32 Å². The number of carbonyl (C=O) groups excluding carboxylic acids is 3. The summed E-state index contributed by atoms with van der Waals surface area (Å²) in [4.78, 5) is 39.7. The second-order valence-electron chi connectivity index (χ2n) is 7.59. The summed E-state index contributed by atoms with van der Waals surface area (Å²) in [5, 5.41) is 2.65. The Morgan fingerprint density at radius 1 is 1.03 bits per heavy atom. The minimum absolute atomic E-state index is 0.0892. The van der Waals surface area contributed by atoms with Gasteiger partial charge in [0.25, 0.3) is 5.91 Å². The smallest absolute Gasteiger partial charge is 0.412 e. The zero-order valence-corrected chi connectivity index (χ0v) is 17.2. The first-order valence-electron chi connectivity index (χ1n) is 10.2. The Kier molecular flexibility index (Phi) is 6.02. The number of hydrogen-bond donors (Lipinski definition) is 1. The number of nitrogens with one attached hydrogen (secondary N) is 1. The molecule has 0 radical (unpaired) electrons. The molecule has 0 unspecified atom stereocenters. The van der Waals surface area contributed by atoms with Crippen molar-refractivity contribution >= 4 is 23.5 Å². The SMILES string of the molecule is COC(=O)[C@@H]1CC[C@@H]2CC(c3ccccc3)=C(NC(=O)OCc3ccccc3)C(=O)N21. The van der Waals surface area contributed by atoms with Gasteiger partial charge in [0.15, 0.2) is 0 Å². The fourth-order valence-electron chi connectivity index (χ4n) is 4.25. The molecule has 2 aromatic carbocycles. The number of fused-ring (bicyclic) bond motifs is 1. The summed E-state index contributed by atoms with van der Waals surface area (Å²) in [5.41, 5.74) is 2.59. The van der Waals surface area contributed by atoms with E-state index in [1.165, 1.54) is 7.11 Å². The van der Waals surface area contributed by atoms with E-state index in [9.17, 15) is 14.4 Å². The van der Waals surface area contributed by atoms with Gasteiger partial charge in [-0.15, -0.1) is 0 Å². The molecule has 2 aromatic rings. The van der Waals surface area contributed by atoms with E-state index in [0.29, 0.717) is 19.3 Å². The van der Waals surface area contributed by atoms with Crippen LogP contribution in [0.25, 0.3) is 5.57 Å². The summed E-state index contributed by atoms with van der Waals surface area (Å²) < 4.78 is 10.2. The molecule has 7 heteroatoms. The highest BCUT2D eigenvalue weighted by molar-refractivity contribution is 6.06. The maximum absolute atomic E-state index is 13.4. The number of hydrogen-bond acceptors (Lipinski definition) is 5. The van der Waals surface area contributed by atoms with E-state index < -0.39 is 18.1 Å². The van der Waals surface area contributed by atoms with Crippen molar-refractivity contribution in [1.29, 1.82) is 0 Å². The summed E-state index contributed by atoms with van der Waals surface area (Å²) in [6.07, 6.45) is 1.06. The highest BCUT2D eigenvalue weighted by Crippen LogP contribution is 2.38. The number of benzene rings is 2. The molecule has 2 aliphatic rings. The lowest BCUT2D eigenvalue weighted by Gasteiger charge is -2.35. The van der Waals surface area contributed by atoms with Gasteiger partial charge in [-0.25, -0.2) is 9.59 Å². The third-order valence-corrected chi connectivity index (χ3v) is 5.73. The van der Waals surface area contributed by atoms with E-state index in [2.05, 4.69) is 5.32 Å². The van der Waals surface area contributed by atoms with Crippen LogP contribution in [0.5, 0.6) is 0 Å². The van der Waals surface area contributed by atoms with Crippen LogP contribution in [0.2, 0.25) is 0 Å². The second-order valence-corrected chi connectivity index (χ2v) is 7.59. The Hall–Kier alpha value is -3.61. The molecule has 0 saturated carbocycles. The lowest BCUT2D eigenvalue weighted by Crippen LogP contribution is -2.51. The molecule has 2 atom stereocenters. The van der Waals surface area contributed by atoms with E-state index in [0.717, 1.165) is 16.7 Å². The van der Waals surface area contributed by atoms with E-state index >= 15 is 0 Å². The Balaban J connectivity index is 1.60. The summed E-state index contributed by atoms with van der Waals surface area (Å²) in [5.74, 6) is -0.829. The highest BCUT2D eigenvalue weighted by atomic mass is 16.5. The Morgan fingerprint density at radius 3 is 2.39 bits per heavy atom. The van der Waals surface area contributed by atoms with Crippen LogP contribution in [0.3, 0.4) is 0 Å². The topological polar surface area (TPSA) is 84.9 Å². The molecule has 0 bridgehead atoms. The van der Waals surface area contributed by atoms with Gasteiger partial charge < -0.3 is 14.4 Å². The molecule has 0 aliphatic carbocycles. The zero-order chi connectivity index (χ0) is 21.8. The van der Waals surface area contributed by atoms with Gasteiger partial charge in [-0.1, -0.05) is 60.7 Å². The van der Waals surface area contributed by atoms with E-state index in [4.69, 9.17) is 9.47 Å². The number of carbonyl (C=O) groups is 3. The molecule has 7 nitrogen and oxygen atoms in total. The second kappa shape index (κ2) is 9.04. The van der Waals surface area contributed by atoms with Crippen LogP contribution in [0, 0.1) is 0 Å². The molecule has 1 saturated heterocycles. The van der Waals surface area contributed by atoms with Crippen molar-refractivity contribution in [3.05, 3.63) is 77.5 Å². The number of methoxy groups -OCH3 is 1. The van der Waals surface area contributed by atoms with E-state index in [1.54, 1.807) is 4.90 Å². The number of rotatable bonds is 5. The molecule has 4 rings (SSSR count). The summed E-state index contributed by atoms with van der Waals surface area (Å²) in [6.45, 7) is 0.0892. The number of ether oxygens (including phenoxy) is 2. The van der Waals surface area contributed by atoms with Crippen molar-refractivity contribution in [3.8, 4) is 0 Å². The number of amides is 2. The van der Waals surface area contributed by atoms with Gasteiger partial charge in [0.05, 0.1) is 7.11 Å². The fraction of sp³-hybridized carbons (Fsp3) is 0.292. The minimum Gasteiger partial charge on any atom is -0.467 e. The molecule has 0 aromatic heterocycles. The monoisotopic (exact) mass is 420 g/mol. The maximum atomic E-state index is 13.4. The average Bonchev–Trinajstić information content (AvgIpc) is 3.24. The third kappa shape index (κ3) is 4.30. The molecular formula is C24H24N2O5. The maximum Gasteiger partial charge on any atom is 0.412 e. The number of esters is 1. The summed E-state index contributed by atoms with van der Waals surface area (Å²) >= 11 is 0. The predicted molar refractivity (Wildman–Crippen MR) is 113 cm³/mol. The number of alkyl carbamates (subject to hydrolysis) is 1. The molecule has 1 fully saturated rings. The summed E-state index contributed by atoms with van der Waals surface area (Å²) in [7, 11) is 1.31. The Bertz CT molecular complexity index is 1000. The van der Waals surface area contributed by atoms with Gasteiger partial charge in [0.2, 0.25) is 0 Å². The largest absolute Gasteiger partial charge is 0.467 e. The van der Waals surface area contributed by atoms with Crippen LogP contribution >= 0.6 is 0 Å². The molecule has 160 valence electrons. The molecule has 2 heterocycles. The summed E-state index contributed by atoms with van der Waals surface area (Å²) in [6, 6.07) is 18.0. The van der Waals surface area contributed by atoms with E-state index in [1.807, 2.05) is 60.7 Å². The molecule has 31 heavy (non-hydrogen) atoms. The van der Waals surface area contributed by atoms with E-state index in [-0.39, 0.29) is 24.3 Å². The molecule has 0 spiro atoms. The van der Waals surface area contributed by atoms with Crippen LogP contribution in [0.1, 0.15) is 30.4 Å². The van der Waals surface area contributed by atoms with Crippen LogP contribution in [-0.4, -0.2) is 42.1 Å². The van der Waals surface area contributed by atoms with Gasteiger partial charge in [-0.3, -0.25) is 10.1 Å². The normalized spacial score (nSPS) is 20.3. The van der Waals surface area contributed by atoms with Crippen molar-refractivity contribution < 1.29 is 23.9 Å². The first-order chi connectivity index (χ1) is 15.1. The van der Waals surface area contributed by atoms with Crippen LogP contribution in [0.4, 0.5) is 4.79 Å². The van der Waals surface area contributed by atoms with Crippen LogP contribution in [0.15, 0.2) is 66.4 Å². The van der Waals surface area contributed by atoms with Crippen molar-refractivity contribution in [1.82, 2.24) is 10.2 Å². The zero-order valence-electron chi connectivity index (χ0n) is 17.2. The quantitative estimate of drug-likeness (QED) is 0.751. The first kappa shape index (κ1) is 20.7. The van der Waals surface area contributed by atoms with Crippen molar-refractivity contribution in [2.24, 2.45) is 0 Å². The predicted octanol–water partition coefficient (Wildman–Crippen LogP) is 3.26. The van der Waals surface area contributed by atoms with Gasteiger partial charge in [-0.05, 0) is 36.0 Å². The van der Waals surface area contributed by atoms with Gasteiger partial charge in [0, 0.05) is 6.04 Å². The van der Waals surface area contributed by atoms with Crippen LogP contribution in [-0.2, 0) is 25.7 Å². The minimum atomic E-state index is -0.715. The Labute approximate surface area is 180 Å². The van der Waals surface area contributed by atoms with Crippen molar-refractivity contribution in [2.45, 2.75) is 38.0 Å². The van der Waals surface area contributed by atoms with Crippen molar-refractivity contribution in [2.75, 3.05) is 7.11 Å². The molecule has 1 N–H and O–H groups in total. The molecular weight excluding hydrogens is 396 g/mol. The third-order valence-electron chi connectivity index (χ3n) is 5.73. The lowest BCUT2D eigenvalue weighted by atomic mass is 9.91. The standard InChI is InChI=1S/C24H24N2O5/c1-30-23(28)20-13-12-18-14-19(17-10-6-3-7-11-17)21(22(27)26(18)20)25-24(29)31-15-16-8-4-2-5-9-16/h2-11,18,20H,12-15H2,1H3,(H,25,29)/t18-,20+/m1/s1. The van der Waals surface area contributed by atoms with Gasteiger partial charge in [0.1, 0.15) is 18.3 Å². The molecule has 2 aliphatic heterocycles. The fourth-order valence-corrected chi connectivity index (χ4v) is 4.25. The molecule has 2 amide bonds. The van der Waals surface area contributed by atoms with Crippen molar-refractivity contribution in [3.63, 3.8) is 0 Å². The Morgan fingerprint density at radius 2 is 1.71 bits per heavy atom.